The van der Waals surface area contributed by atoms with Crippen molar-refractivity contribution < 1.29 is 9.59 Å². The van der Waals surface area contributed by atoms with Crippen molar-refractivity contribution in [3.8, 4) is 0 Å². The van der Waals surface area contributed by atoms with Gasteiger partial charge in [-0.3, -0.25) is 9.59 Å². The number of allylic oxidation sites excluding steroid dienone is 1. The molecule has 2 N–H and O–H groups in total. The summed E-state index contributed by atoms with van der Waals surface area (Å²) in [4.78, 5) is 21.7. The van der Waals surface area contributed by atoms with Crippen LogP contribution in [-0.4, -0.2) is 18.4 Å². The summed E-state index contributed by atoms with van der Waals surface area (Å²) >= 11 is 0. The quantitative estimate of drug-likeness (QED) is 0.405. The Balaban J connectivity index is 4.70. The highest BCUT2D eigenvalue weighted by Gasteiger charge is 2.07. The van der Waals surface area contributed by atoms with Gasteiger partial charge < -0.3 is 10.6 Å². The molecule has 0 saturated heterocycles. The molecule has 4 heteroatoms. The summed E-state index contributed by atoms with van der Waals surface area (Å²) in [7, 11) is 0. The molecule has 0 radical (unpaired) electrons. The molecule has 0 aliphatic carbocycles. The van der Waals surface area contributed by atoms with E-state index in [1.807, 2.05) is 27.7 Å². The van der Waals surface area contributed by atoms with E-state index in [0.717, 1.165) is 5.57 Å². The summed E-state index contributed by atoms with van der Waals surface area (Å²) in [5.74, 6) is -0.194. The maximum absolute atomic E-state index is 11.6. The highest BCUT2D eigenvalue weighted by Crippen LogP contribution is 2.01. The van der Waals surface area contributed by atoms with Crippen LogP contribution in [0.25, 0.3) is 0 Å². The summed E-state index contributed by atoms with van der Waals surface area (Å²) in [5.41, 5.74) is 1.43. The Labute approximate surface area is 90.4 Å². The van der Waals surface area contributed by atoms with E-state index in [1.54, 1.807) is 6.08 Å². The molecule has 0 unspecified atom stereocenters. The number of nitrogens with one attached hydrogen (secondary N) is 2. The Morgan fingerprint density at radius 3 is 2.27 bits per heavy atom. The molecule has 84 valence electrons. The average Bonchev–Trinajstić information content (AvgIpc) is 2.10. The Morgan fingerprint density at radius 1 is 1.27 bits per heavy atom. The normalized spacial score (nSPS) is 10.9. The molecule has 2 amide bonds. The van der Waals surface area contributed by atoms with Gasteiger partial charge in [-0.25, -0.2) is 0 Å². The van der Waals surface area contributed by atoms with Crippen LogP contribution in [0.3, 0.4) is 0 Å². The first-order chi connectivity index (χ1) is 6.97. The van der Waals surface area contributed by atoms with Crippen molar-refractivity contribution in [1.29, 1.82) is 0 Å². The van der Waals surface area contributed by atoms with Crippen LogP contribution >= 0.6 is 0 Å². The highest BCUT2D eigenvalue weighted by molar-refractivity contribution is 5.96. The Hall–Kier alpha value is -1.58. The van der Waals surface area contributed by atoms with Gasteiger partial charge in [0.05, 0.1) is 5.57 Å². The van der Waals surface area contributed by atoms with E-state index in [9.17, 15) is 9.59 Å². The van der Waals surface area contributed by atoms with Gasteiger partial charge in [0.25, 0.3) is 5.91 Å². The van der Waals surface area contributed by atoms with E-state index < -0.39 is 0 Å². The standard InChI is InChI=1S/C11H18N2O2/c1-8(2)5-10(6-12-7-14)11(15)13-9(3)4/h5-7,9H,1-4H3,(H,12,14)(H,13,15)/b10-6+. The SMILES string of the molecule is CC(C)=C/C(=C\NC=O)C(=O)NC(C)C. The molecule has 0 aromatic rings. The van der Waals surface area contributed by atoms with Crippen molar-refractivity contribution in [3.63, 3.8) is 0 Å². The molecule has 0 saturated carbocycles. The molecule has 0 heterocycles. The fourth-order valence-corrected chi connectivity index (χ4v) is 0.953. The Kier molecular flexibility index (Phi) is 6.09. The van der Waals surface area contributed by atoms with Crippen LogP contribution in [0, 0.1) is 0 Å². The molecule has 0 bridgehead atoms. The van der Waals surface area contributed by atoms with Gasteiger partial charge in [-0.05, 0) is 33.8 Å². The minimum atomic E-state index is -0.194. The zero-order valence-electron chi connectivity index (χ0n) is 9.63. The largest absolute Gasteiger partial charge is 0.350 e. The number of amides is 2. The molecule has 0 aliphatic heterocycles. The van der Waals surface area contributed by atoms with Gasteiger partial charge in [-0.1, -0.05) is 5.57 Å². The minimum Gasteiger partial charge on any atom is -0.350 e. The maximum Gasteiger partial charge on any atom is 0.252 e. The van der Waals surface area contributed by atoms with E-state index in [2.05, 4.69) is 10.6 Å². The molecule has 0 aromatic heterocycles. The van der Waals surface area contributed by atoms with Crippen molar-refractivity contribution in [3.05, 3.63) is 23.4 Å². The predicted molar refractivity (Wildman–Crippen MR) is 60.0 cm³/mol. The second-order valence-corrected chi connectivity index (χ2v) is 3.73. The number of carbonyl (C=O) groups is 2. The zero-order valence-corrected chi connectivity index (χ0v) is 9.63. The van der Waals surface area contributed by atoms with Gasteiger partial charge >= 0.3 is 0 Å². The zero-order chi connectivity index (χ0) is 11.8. The topological polar surface area (TPSA) is 58.2 Å². The molecule has 4 nitrogen and oxygen atoms in total. The molecule has 0 rings (SSSR count). The first-order valence-corrected chi connectivity index (χ1v) is 4.83. The summed E-state index contributed by atoms with van der Waals surface area (Å²) in [6, 6.07) is 0.0719. The van der Waals surface area contributed by atoms with E-state index in [0.29, 0.717) is 12.0 Å². The minimum absolute atomic E-state index is 0.0719. The summed E-state index contributed by atoms with van der Waals surface area (Å²) in [6.45, 7) is 7.53. The van der Waals surface area contributed by atoms with E-state index in [4.69, 9.17) is 0 Å². The van der Waals surface area contributed by atoms with E-state index >= 15 is 0 Å². The van der Waals surface area contributed by atoms with Crippen molar-refractivity contribution in [2.75, 3.05) is 0 Å². The lowest BCUT2D eigenvalue weighted by molar-refractivity contribution is -0.117. The maximum atomic E-state index is 11.6. The highest BCUT2D eigenvalue weighted by atomic mass is 16.2. The van der Waals surface area contributed by atoms with Crippen LogP contribution in [0.1, 0.15) is 27.7 Å². The second-order valence-electron chi connectivity index (χ2n) is 3.73. The summed E-state index contributed by atoms with van der Waals surface area (Å²) in [5, 5.41) is 5.11. The first kappa shape index (κ1) is 13.4. The number of carbonyl (C=O) groups excluding carboxylic acids is 2. The van der Waals surface area contributed by atoms with Crippen LogP contribution < -0.4 is 10.6 Å². The average molecular weight is 210 g/mol. The van der Waals surface area contributed by atoms with Gasteiger partial charge in [0.15, 0.2) is 0 Å². The molecule has 0 aliphatic rings. The van der Waals surface area contributed by atoms with Crippen molar-refractivity contribution in [1.82, 2.24) is 10.6 Å². The van der Waals surface area contributed by atoms with Crippen LogP contribution in [0.4, 0.5) is 0 Å². The molecule has 0 aromatic carbocycles. The lowest BCUT2D eigenvalue weighted by Gasteiger charge is -2.09. The van der Waals surface area contributed by atoms with Crippen molar-refractivity contribution in [2.24, 2.45) is 0 Å². The van der Waals surface area contributed by atoms with Crippen molar-refractivity contribution in [2.45, 2.75) is 33.7 Å². The van der Waals surface area contributed by atoms with Crippen LogP contribution in [0.2, 0.25) is 0 Å². The third kappa shape index (κ3) is 6.49. The fraction of sp³-hybridized carbons (Fsp3) is 0.455. The molecular weight excluding hydrogens is 192 g/mol. The monoisotopic (exact) mass is 210 g/mol. The van der Waals surface area contributed by atoms with Crippen molar-refractivity contribution >= 4 is 12.3 Å². The molecule has 0 fully saturated rings. The third-order valence-corrected chi connectivity index (χ3v) is 1.43. The van der Waals surface area contributed by atoms with E-state index in [-0.39, 0.29) is 11.9 Å². The Morgan fingerprint density at radius 2 is 1.87 bits per heavy atom. The summed E-state index contributed by atoms with van der Waals surface area (Å²) in [6.07, 6.45) is 3.63. The number of hydrogen-bond acceptors (Lipinski definition) is 2. The number of rotatable bonds is 5. The smallest absolute Gasteiger partial charge is 0.252 e. The fourth-order valence-electron chi connectivity index (χ4n) is 0.953. The lowest BCUT2D eigenvalue weighted by atomic mass is 10.2. The van der Waals surface area contributed by atoms with Crippen LogP contribution in [0.5, 0.6) is 0 Å². The van der Waals surface area contributed by atoms with Gasteiger partial charge in [0.1, 0.15) is 0 Å². The number of hydrogen-bond donors (Lipinski definition) is 2. The second kappa shape index (κ2) is 6.81. The first-order valence-electron chi connectivity index (χ1n) is 4.83. The lowest BCUT2D eigenvalue weighted by Crippen LogP contribution is -2.31. The van der Waals surface area contributed by atoms with Gasteiger partial charge in [0, 0.05) is 12.2 Å². The predicted octanol–water partition coefficient (Wildman–Crippen LogP) is 1.11. The third-order valence-electron chi connectivity index (χ3n) is 1.43. The van der Waals surface area contributed by atoms with Gasteiger partial charge in [0.2, 0.25) is 6.41 Å². The van der Waals surface area contributed by atoms with Gasteiger partial charge in [-0.15, -0.1) is 0 Å². The van der Waals surface area contributed by atoms with Crippen LogP contribution in [0.15, 0.2) is 23.4 Å². The molecule has 0 spiro atoms. The van der Waals surface area contributed by atoms with Crippen LogP contribution in [-0.2, 0) is 9.59 Å². The van der Waals surface area contributed by atoms with Gasteiger partial charge in [-0.2, -0.15) is 0 Å². The summed E-state index contributed by atoms with van der Waals surface area (Å²) < 4.78 is 0. The Bertz CT molecular complexity index is 287. The van der Waals surface area contributed by atoms with E-state index in [1.165, 1.54) is 6.20 Å². The molecular formula is C11H18N2O2. The molecule has 0 atom stereocenters. The molecule has 15 heavy (non-hydrogen) atoms.